The Kier molecular flexibility index (Phi) is 4.11. The Hall–Kier alpha value is -1.77. The van der Waals surface area contributed by atoms with Crippen LogP contribution in [0.4, 0.5) is 0 Å². The third-order valence-corrected chi connectivity index (χ3v) is 7.38. The summed E-state index contributed by atoms with van der Waals surface area (Å²) in [6.07, 6.45) is 3.88. The molecule has 0 amide bonds. The van der Waals surface area contributed by atoms with E-state index in [1.165, 1.54) is 11.3 Å². The first-order valence-corrected chi connectivity index (χ1v) is 10.3. The average Bonchev–Trinajstić information content (AvgIpc) is 3.25. The van der Waals surface area contributed by atoms with Crippen molar-refractivity contribution in [1.29, 1.82) is 0 Å². The summed E-state index contributed by atoms with van der Waals surface area (Å²) in [5.41, 5.74) is 1.23. The minimum atomic E-state index is -3.63. The lowest BCUT2D eigenvalue weighted by Crippen LogP contribution is -2.32. The van der Waals surface area contributed by atoms with Gasteiger partial charge < -0.3 is 5.32 Å². The maximum Gasteiger partial charge on any atom is 0.237 e. The van der Waals surface area contributed by atoms with Crippen LogP contribution in [-0.2, 0) is 16.4 Å². The second kappa shape index (κ2) is 6.27. The number of rotatable bonds is 4. The van der Waals surface area contributed by atoms with E-state index < -0.39 is 9.84 Å². The van der Waals surface area contributed by atoms with Gasteiger partial charge in [0, 0.05) is 12.7 Å². The van der Waals surface area contributed by atoms with Gasteiger partial charge in [0.25, 0.3) is 0 Å². The van der Waals surface area contributed by atoms with Crippen molar-refractivity contribution in [3.8, 4) is 0 Å². The predicted molar refractivity (Wildman–Crippen MR) is 92.9 cm³/mol. The normalized spacial score (nSPS) is 18.9. The molecule has 1 N–H and O–H groups in total. The van der Waals surface area contributed by atoms with Crippen molar-refractivity contribution >= 4 is 32.2 Å². The number of piperidine rings is 1. The Morgan fingerprint density at radius 1 is 1.33 bits per heavy atom. The Labute approximate surface area is 144 Å². The lowest BCUT2D eigenvalue weighted by molar-refractivity contribution is 0.327. The summed E-state index contributed by atoms with van der Waals surface area (Å²) in [6.45, 7) is 2.69. The molecule has 0 radical (unpaired) electrons. The van der Waals surface area contributed by atoms with Crippen LogP contribution < -0.4 is 5.32 Å². The van der Waals surface area contributed by atoms with Crippen molar-refractivity contribution in [3.05, 3.63) is 35.8 Å². The van der Waals surface area contributed by atoms with Crippen LogP contribution in [0.1, 0.15) is 12.8 Å². The first-order chi connectivity index (χ1) is 11.7. The van der Waals surface area contributed by atoms with Crippen molar-refractivity contribution in [2.75, 3.05) is 13.1 Å². The highest BCUT2D eigenvalue weighted by atomic mass is 32.2. The van der Waals surface area contributed by atoms with Crippen LogP contribution in [0.3, 0.4) is 0 Å². The molecule has 0 aliphatic carbocycles. The second-order valence-corrected chi connectivity index (χ2v) is 9.05. The summed E-state index contributed by atoms with van der Waals surface area (Å²) in [5.74, 6) is 0.458. The molecule has 24 heavy (non-hydrogen) atoms. The largest absolute Gasteiger partial charge is 0.316 e. The molecule has 1 aliphatic heterocycles. The molecule has 126 valence electrons. The zero-order valence-electron chi connectivity index (χ0n) is 13.1. The molecule has 3 aromatic rings. The quantitative estimate of drug-likeness (QED) is 0.771. The highest BCUT2D eigenvalue weighted by Crippen LogP contribution is 2.29. The van der Waals surface area contributed by atoms with Crippen LogP contribution >= 0.6 is 11.3 Å². The number of nitrogens with one attached hydrogen (secondary N) is 1. The third-order valence-electron chi connectivity index (χ3n) is 4.32. The summed E-state index contributed by atoms with van der Waals surface area (Å²) in [7, 11) is -3.63. The van der Waals surface area contributed by atoms with Gasteiger partial charge in [-0.1, -0.05) is 6.07 Å². The number of sulfone groups is 1. The van der Waals surface area contributed by atoms with Gasteiger partial charge in [-0.2, -0.15) is 5.10 Å². The SMILES string of the molecule is O=S(=O)(c1cccs1)c1nn(CC2CCCNC2)c2cccnc12. The minimum absolute atomic E-state index is 0.0596. The van der Waals surface area contributed by atoms with Crippen LogP contribution in [0.5, 0.6) is 0 Å². The zero-order valence-corrected chi connectivity index (χ0v) is 14.7. The Bertz CT molecular complexity index is 942. The van der Waals surface area contributed by atoms with E-state index in [2.05, 4.69) is 15.4 Å². The molecule has 1 aliphatic rings. The van der Waals surface area contributed by atoms with Crippen molar-refractivity contribution in [2.24, 2.45) is 5.92 Å². The van der Waals surface area contributed by atoms with Gasteiger partial charge in [0.2, 0.25) is 14.9 Å². The molecule has 0 aromatic carbocycles. The lowest BCUT2D eigenvalue weighted by Gasteiger charge is -2.22. The van der Waals surface area contributed by atoms with Crippen LogP contribution in [-0.4, -0.2) is 36.3 Å². The van der Waals surface area contributed by atoms with E-state index in [1.807, 2.05) is 12.1 Å². The predicted octanol–water partition coefficient (Wildman–Crippen LogP) is 2.33. The van der Waals surface area contributed by atoms with Crippen LogP contribution in [0.15, 0.2) is 45.1 Å². The van der Waals surface area contributed by atoms with E-state index >= 15 is 0 Å². The first-order valence-electron chi connectivity index (χ1n) is 7.97. The molecule has 8 heteroatoms. The second-order valence-electron chi connectivity index (χ2n) is 6.01. The summed E-state index contributed by atoms with van der Waals surface area (Å²) in [6, 6.07) is 7.05. The van der Waals surface area contributed by atoms with Gasteiger partial charge in [0.15, 0.2) is 0 Å². The average molecular weight is 362 g/mol. The molecule has 1 unspecified atom stereocenters. The van der Waals surface area contributed by atoms with Gasteiger partial charge in [-0.15, -0.1) is 11.3 Å². The smallest absolute Gasteiger partial charge is 0.237 e. The van der Waals surface area contributed by atoms with Gasteiger partial charge in [-0.3, -0.25) is 9.67 Å². The molecule has 1 saturated heterocycles. The van der Waals surface area contributed by atoms with Gasteiger partial charge in [-0.05, 0) is 55.4 Å². The molecule has 0 bridgehead atoms. The van der Waals surface area contributed by atoms with E-state index in [9.17, 15) is 8.42 Å². The summed E-state index contributed by atoms with van der Waals surface area (Å²) in [4.78, 5) is 4.30. The summed E-state index contributed by atoms with van der Waals surface area (Å²) >= 11 is 1.20. The molecular weight excluding hydrogens is 344 g/mol. The van der Waals surface area contributed by atoms with Gasteiger partial charge in [0.1, 0.15) is 9.73 Å². The van der Waals surface area contributed by atoms with Crippen molar-refractivity contribution in [1.82, 2.24) is 20.1 Å². The standard InChI is InChI=1S/C16H18N4O2S2/c21-24(22,14-6-3-9-23-14)16-15-13(5-2-8-18-15)20(19-16)11-12-4-1-7-17-10-12/h2-3,5-6,8-9,12,17H,1,4,7,10-11H2. The number of nitrogens with zero attached hydrogens (tertiary/aromatic N) is 3. The Balaban J connectivity index is 1.79. The van der Waals surface area contributed by atoms with E-state index in [0.717, 1.165) is 31.4 Å². The number of aromatic nitrogens is 3. The third kappa shape index (κ3) is 2.74. The van der Waals surface area contributed by atoms with Gasteiger partial charge in [0.05, 0.1) is 5.52 Å². The lowest BCUT2D eigenvalue weighted by atomic mass is 10.00. The van der Waals surface area contributed by atoms with E-state index in [-0.39, 0.29) is 5.03 Å². The zero-order chi connectivity index (χ0) is 16.6. The highest BCUT2D eigenvalue weighted by Gasteiger charge is 2.28. The monoisotopic (exact) mass is 362 g/mol. The number of thiophene rings is 1. The summed E-state index contributed by atoms with van der Waals surface area (Å²) < 4.78 is 27.9. The fraction of sp³-hybridized carbons (Fsp3) is 0.375. The van der Waals surface area contributed by atoms with Crippen LogP contribution in [0.2, 0.25) is 0 Å². The van der Waals surface area contributed by atoms with Gasteiger partial charge in [-0.25, -0.2) is 8.42 Å². The fourth-order valence-electron chi connectivity index (χ4n) is 3.14. The van der Waals surface area contributed by atoms with Crippen molar-refractivity contribution < 1.29 is 8.42 Å². The van der Waals surface area contributed by atoms with Gasteiger partial charge >= 0.3 is 0 Å². The minimum Gasteiger partial charge on any atom is -0.316 e. The summed E-state index contributed by atoms with van der Waals surface area (Å²) in [5, 5.41) is 9.66. The molecular formula is C16H18N4O2S2. The molecule has 1 fully saturated rings. The molecule has 6 nitrogen and oxygen atoms in total. The Morgan fingerprint density at radius 2 is 2.25 bits per heavy atom. The molecule has 4 rings (SSSR count). The fourth-order valence-corrected chi connectivity index (χ4v) is 5.56. The molecule has 1 atom stereocenters. The van der Waals surface area contributed by atoms with E-state index in [0.29, 0.717) is 22.2 Å². The highest BCUT2D eigenvalue weighted by molar-refractivity contribution is 7.93. The first kappa shape index (κ1) is 15.7. The van der Waals surface area contributed by atoms with E-state index in [4.69, 9.17) is 0 Å². The van der Waals surface area contributed by atoms with E-state index in [1.54, 1.807) is 28.4 Å². The maximum atomic E-state index is 12.9. The Morgan fingerprint density at radius 3 is 3.00 bits per heavy atom. The molecule has 3 aromatic heterocycles. The van der Waals surface area contributed by atoms with Crippen LogP contribution in [0.25, 0.3) is 11.0 Å². The molecule has 4 heterocycles. The number of fused-ring (bicyclic) bond motifs is 1. The van der Waals surface area contributed by atoms with Crippen molar-refractivity contribution in [2.45, 2.75) is 28.6 Å². The number of hydrogen-bond donors (Lipinski definition) is 1. The number of pyridine rings is 1. The van der Waals surface area contributed by atoms with Crippen LogP contribution in [0, 0.1) is 5.92 Å². The topological polar surface area (TPSA) is 76.9 Å². The van der Waals surface area contributed by atoms with Crippen molar-refractivity contribution in [3.63, 3.8) is 0 Å². The maximum absolute atomic E-state index is 12.9. The molecule has 0 spiro atoms. The molecule has 0 saturated carbocycles. The number of hydrogen-bond acceptors (Lipinski definition) is 6.